The summed E-state index contributed by atoms with van der Waals surface area (Å²) in [7, 11) is 1.59. The quantitative estimate of drug-likeness (QED) is 0.263. The molecule has 4 aromatic rings. The van der Waals surface area contributed by atoms with Gasteiger partial charge >= 0.3 is 0 Å². The molecule has 0 atom stereocenters. The number of carbonyl (C=O) groups excluding carboxylic acids is 1. The van der Waals surface area contributed by atoms with Crippen LogP contribution in [0.2, 0.25) is 0 Å². The molecule has 0 saturated carbocycles. The van der Waals surface area contributed by atoms with E-state index in [0.717, 1.165) is 16.4 Å². The summed E-state index contributed by atoms with van der Waals surface area (Å²) in [4.78, 5) is 13.9. The number of nitrogens with zero attached hydrogens (tertiary/aromatic N) is 3. The van der Waals surface area contributed by atoms with Crippen molar-refractivity contribution < 1.29 is 9.53 Å². The van der Waals surface area contributed by atoms with Crippen molar-refractivity contribution in [1.29, 1.82) is 0 Å². The number of carbonyl (C=O) groups is 1. The van der Waals surface area contributed by atoms with Crippen LogP contribution in [-0.4, -0.2) is 27.4 Å². The maximum absolute atomic E-state index is 12.7. The van der Waals surface area contributed by atoms with Gasteiger partial charge in [0.2, 0.25) is 10.7 Å². The van der Waals surface area contributed by atoms with Crippen LogP contribution in [0.1, 0.15) is 11.4 Å². The first-order valence-corrected chi connectivity index (χ1v) is 11.8. The summed E-state index contributed by atoms with van der Waals surface area (Å²) in [5, 5.41) is 7.59. The zero-order valence-corrected chi connectivity index (χ0v) is 20.0. The number of aromatic nitrogens is 3. The van der Waals surface area contributed by atoms with Crippen LogP contribution < -0.4 is 10.1 Å². The van der Waals surface area contributed by atoms with Gasteiger partial charge in [-0.3, -0.25) is 9.36 Å². The van der Waals surface area contributed by atoms with E-state index in [0.29, 0.717) is 22.0 Å². The monoisotopic (exact) mass is 476 g/mol. The number of ether oxygens (including phenoxy) is 1. The summed E-state index contributed by atoms with van der Waals surface area (Å²) in [5.41, 5.74) is 2.79. The molecule has 1 amide bonds. The van der Waals surface area contributed by atoms with Gasteiger partial charge in [-0.15, -0.1) is 11.8 Å². The Hall–Kier alpha value is -3.36. The molecule has 6 nitrogen and oxygen atoms in total. The Morgan fingerprint density at radius 2 is 1.82 bits per heavy atom. The molecule has 0 radical (unpaired) electrons. The molecule has 0 bridgehead atoms. The van der Waals surface area contributed by atoms with Gasteiger partial charge in [-0.05, 0) is 55.5 Å². The number of aryl methyl sites for hydroxylation is 1. The molecule has 4 rings (SSSR count). The van der Waals surface area contributed by atoms with E-state index in [1.54, 1.807) is 29.6 Å². The Kier molecular flexibility index (Phi) is 7.26. The molecule has 168 valence electrons. The molecule has 0 aliphatic heterocycles. The van der Waals surface area contributed by atoms with Crippen LogP contribution in [-0.2, 0) is 17.1 Å². The average molecular weight is 477 g/mol. The SMILES string of the molecule is COc1cccc(NC(=O)Cn2nc(CSc3ccc(C)cc3)n(-c3ccccc3)c2=S)c1. The molecule has 0 aliphatic rings. The lowest BCUT2D eigenvalue weighted by Crippen LogP contribution is -2.19. The Labute approximate surface area is 202 Å². The Morgan fingerprint density at radius 1 is 1.06 bits per heavy atom. The molecular weight excluding hydrogens is 452 g/mol. The predicted octanol–water partition coefficient (Wildman–Crippen LogP) is 5.65. The second-order valence-corrected chi connectivity index (χ2v) is 8.82. The fourth-order valence-electron chi connectivity index (χ4n) is 3.31. The van der Waals surface area contributed by atoms with E-state index >= 15 is 0 Å². The summed E-state index contributed by atoms with van der Waals surface area (Å²) < 4.78 is 9.19. The smallest absolute Gasteiger partial charge is 0.246 e. The van der Waals surface area contributed by atoms with E-state index in [2.05, 4.69) is 36.5 Å². The fraction of sp³-hybridized carbons (Fsp3) is 0.160. The maximum Gasteiger partial charge on any atom is 0.246 e. The van der Waals surface area contributed by atoms with Crippen molar-refractivity contribution in [2.75, 3.05) is 12.4 Å². The van der Waals surface area contributed by atoms with Gasteiger partial charge in [0.25, 0.3) is 0 Å². The molecule has 8 heteroatoms. The van der Waals surface area contributed by atoms with Crippen molar-refractivity contribution in [3.8, 4) is 11.4 Å². The number of anilines is 1. The van der Waals surface area contributed by atoms with Gasteiger partial charge in [0.1, 0.15) is 18.1 Å². The lowest BCUT2D eigenvalue weighted by atomic mass is 10.2. The number of nitrogens with one attached hydrogen (secondary N) is 1. The van der Waals surface area contributed by atoms with E-state index in [4.69, 9.17) is 22.1 Å². The minimum atomic E-state index is -0.213. The van der Waals surface area contributed by atoms with E-state index in [1.807, 2.05) is 53.1 Å². The fourth-order valence-corrected chi connectivity index (χ4v) is 4.43. The number of rotatable bonds is 8. The third-order valence-electron chi connectivity index (χ3n) is 4.96. The minimum absolute atomic E-state index is 0.0120. The minimum Gasteiger partial charge on any atom is -0.497 e. The Balaban J connectivity index is 1.58. The van der Waals surface area contributed by atoms with Crippen molar-refractivity contribution >= 4 is 35.6 Å². The number of hydrogen-bond donors (Lipinski definition) is 1. The van der Waals surface area contributed by atoms with Crippen LogP contribution in [0.3, 0.4) is 0 Å². The summed E-state index contributed by atoms with van der Waals surface area (Å²) in [6, 6.07) is 25.4. The van der Waals surface area contributed by atoms with Crippen molar-refractivity contribution in [3.05, 3.63) is 95.0 Å². The summed E-state index contributed by atoms with van der Waals surface area (Å²) in [6.45, 7) is 2.08. The van der Waals surface area contributed by atoms with E-state index in [-0.39, 0.29) is 12.5 Å². The standard InChI is InChI=1S/C25H24N4O2S2/c1-18-11-13-22(14-12-18)33-17-23-27-28(25(32)29(23)20-8-4-3-5-9-20)16-24(30)26-19-7-6-10-21(15-19)31-2/h3-15H,16-17H2,1-2H3,(H,26,30). The molecular formula is C25H24N4O2S2. The average Bonchev–Trinajstić information content (AvgIpc) is 3.14. The second kappa shape index (κ2) is 10.5. The van der Waals surface area contributed by atoms with Crippen molar-refractivity contribution in [2.24, 2.45) is 0 Å². The topological polar surface area (TPSA) is 61.1 Å². The second-order valence-electron chi connectivity index (χ2n) is 7.41. The highest BCUT2D eigenvalue weighted by atomic mass is 32.2. The molecule has 0 saturated heterocycles. The lowest BCUT2D eigenvalue weighted by Gasteiger charge is -2.07. The maximum atomic E-state index is 12.7. The van der Waals surface area contributed by atoms with Gasteiger partial charge in [-0.1, -0.05) is 42.0 Å². The first-order chi connectivity index (χ1) is 16.0. The molecule has 0 unspecified atom stereocenters. The summed E-state index contributed by atoms with van der Waals surface area (Å²) in [5.74, 6) is 1.86. The zero-order valence-electron chi connectivity index (χ0n) is 18.4. The highest BCUT2D eigenvalue weighted by molar-refractivity contribution is 7.98. The molecule has 1 aromatic heterocycles. The normalized spacial score (nSPS) is 10.7. The Bertz CT molecular complexity index is 1300. The Morgan fingerprint density at radius 3 is 2.55 bits per heavy atom. The summed E-state index contributed by atoms with van der Waals surface area (Å²) in [6.07, 6.45) is 0. The first kappa shape index (κ1) is 22.8. The van der Waals surface area contributed by atoms with Gasteiger partial charge in [0.05, 0.1) is 12.9 Å². The highest BCUT2D eigenvalue weighted by Gasteiger charge is 2.15. The van der Waals surface area contributed by atoms with Crippen LogP contribution >= 0.6 is 24.0 Å². The summed E-state index contributed by atoms with van der Waals surface area (Å²) >= 11 is 7.40. The third-order valence-corrected chi connectivity index (χ3v) is 6.36. The zero-order chi connectivity index (χ0) is 23.2. The van der Waals surface area contributed by atoms with Crippen LogP contribution in [0.25, 0.3) is 5.69 Å². The molecule has 0 fully saturated rings. The molecule has 1 heterocycles. The van der Waals surface area contributed by atoms with Gasteiger partial charge in [0, 0.05) is 22.3 Å². The van der Waals surface area contributed by atoms with E-state index < -0.39 is 0 Å². The van der Waals surface area contributed by atoms with Crippen LogP contribution in [0.15, 0.2) is 83.8 Å². The number of amides is 1. The first-order valence-electron chi connectivity index (χ1n) is 10.4. The van der Waals surface area contributed by atoms with Crippen LogP contribution in [0, 0.1) is 11.7 Å². The van der Waals surface area contributed by atoms with E-state index in [9.17, 15) is 4.79 Å². The number of benzene rings is 3. The molecule has 33 heavy (non-hydrogen) atoms. The number of methoxy groups -OCH3 is 1. The lowest BCUT2D eigenvalue weighted by molar-refractivity contribution is -0.116. The van der Waals surface area contributed by atoms with Gasteiger partial charge in [0.15, 0.2) is 0 Å². The van der Waals surface area contributed by atoms with E-state index in [1.165, 1.54) is 5.56 Å². The van der Waals surface area contributed by atoms with Crippen molar-refractivity contribution in [1.82, 2.24) is 14.3 Å². The van der Waals surface area contributed by atoms with Gasteiger partial charge in [-0.2, -0.15) is 5.10 Å². The molecule has 1 N–H and O–H groups in total. The number of hydrogen-bond acceptors (Lipinski definition) is 5. The van der Waals surface area contributed by atoms with Gasteiger partial charge in [-0.25, -0.2) is 4.68 Å². The molecule has 0 aliphatic carbocycles. The number of para-hydroxylation sites is 1. The number of thioether (sulfide) groups is 1. The largest absolute Gasteiger partial charge is 0.497 e. The van der Waals surface area contributed by atoms with Crippen LogP contribution in [0.4, 0.5) is 5.69 Å². The molecule has 0 spiro atoms. The van der Waals surface area contributed by atoms with Crippen LogP contribution in [0.5, 0.6) is 5.75 Å². The van der Waals surface area contributed by atoms with Gasteiger partial charge < -0.3 is 10.1 Å². The highest BCUT2D eigenvalue weighted by Crippen LogP contribution is 2.24. The predicted molar refractivity (Wildman–Crippen MR) is 135 cm³/mol. The molecule has 3 aromatic carbocycles. The third kappa shape index (κ3) is 5.71. The van der Waals surface area contributed by atoms with Crippen molar-refractivity contribution in [2.45, 2.75) is 24.1 Å². The van der Waals surface area contributed by atoms with Crippen molar-refractivity contribution in [3.63, 3.8) is 0 Å².